The standard InChI is InChI=1S/C24H18N4O/c1-15-9-11-17(12-10-15)26-24-27-22-21(23(29)28-24)20(13-14-25-22)19-8-4-6-16-5-2-3-7-18(16)19/h2-14H,1H3,(H2,25,26,27,28,29). The molecule has 0 unspecified atom stereocenters. The number of nitrogens with one attached hydrogen (secondary N) is 2. The van der Waals surface area contributed by atoms with E-state index >= 15 is 0 Å². The van der Waals surface area contributed by atoms with Crippen LogP contribution in [0.1, 0.15) is 5.56 Å². The van der Waals surface area contributed by atoms with E-state index in [1.165, 1.54) is 0 Å². The van der Waals surface area contributed by atoms with Crippen LogP contribution in [0.5, 0.6) is 0 Å². The minimum Gasteiger partial charge on any atom is -0.326 e. The molecular weight excluding hydrogens is 360 g/mol. The molecule has 2 N–H and O–H groups in total. The molecule has 0 aliphatic rings. The highest BCUT2D eigenvalue weighted by atomic mass is 16.1. The molecule has 0 saturated heterocycles. The lowest BCUT2D eigenvalue weighted by molar-refractivity contribution is 1.14. The second-order valence-electron chi connectivity index (χ2n) is 6.99. The molecule has 3 aromatic carbocycles. The highest BCUT2D eigenvalue weighted by molar-refractivity contribution is 6.03. The van der Waals surface area contributed by atoms with Crippen LogP contribution >= 0.6 is 0 Å². The SMILES string of the molecule is Cc1ccc(Nc2nc3nccc(-c4cccc5ccccc45)c3c(=O)[nH]2)cc1. The van der Waals surface area contributed by atoms with E-state index in [-0.39, 0.29) is 5.56 Å². The topological polar surface area (TPSA) is 70.7 Å². The van der Waals surface area contributed by atoms with Crippen molar-refractivity contribution in [2.45, 2.75) is 6.92 Å². The number of aryl methyl sites for hydroxylation is 1. The van der Waals surface area contributed by atoms with Crippen molar-refractivity contribution in [3.63, 3.8) is 0 Å². The van der Waals surface area contributed by atoms with E-state index in [1.807, 2.05) is 61.5 Å². The number of anilines is 2. The van der Waals surface area contributed by atoms with Crippen molar-refractivity contribution in [1.82, 2.24) is 15.0 Å². The van der Waals surface area contributed by atoms with Crippen LogP contribution in [0.2, 0.25) is 0 Å². The van der Waals surface area contributed by atoms with Crippen LogP contribution in [-0.4, -0.2) is 15.0 Å². The van der Waals surface area contributed by atoms with Gasteiger partial charge in [0, 0.05) is 17.4 Å². The Morgan fingerprint density at radius 3 is 2.52 bits per heavy atom. The maximum Gasteiger partial charge on any atom is 0.262 e. The molecular formula is C24H18N4O. The summed E-state index contributed by atoms with van der Waals surface area (Å²) in [5.74, 6) is 0.369. The smallest absolute Gasteiger partial charge is 0.262 e. The highest BCUT2D eigenvalue weighted by Gasteiger charge is 2.13. The van der Waals surface area contributed by atoms with Gasteiger partial charge in [0.2, 0.25) is 5.95 Å². The molecule has 0 spiro atoms. The van der Waals surface area contributed by atoms with Crippen LogP contribution in [0.25, 0.3) is 32.9 Å². The summed E-state index contributed by atoms with van der Waals surface area (Å²) in [7, 11) is 0. The van der Waals surface area contributed by atoms with Gasteiger partial charge in [0.05, 0.1) is 5.39 Å². The van der Waals surface area contributed by atoms with E-state index in [4.69, 9.17) is 0 Å². The number of hydrogen-bond donors (Lipinski definition) is 2. The Bertz CT molecular complexity index is 1400. The van der Waals surface area contributed by atoms with Gasteiger partial charge in [-0.2, -0.15) is 4.98 Å². The molecule has 2 heterocycles. The van der Waals surface area contributed by atoms with Crippen molar-refractivity contribution in [3.8, 4) is 11.1 Å². The molecule has 0 aliphatic carbocycles. The van der Waals surface area contributed by atoms with Crippen molar-refractivity contribution in [2.75, 3.05) is 5.32 Å². The van der Waals surface area contributed by atoms with Crippen molar-refractivity contribution in [1.29, 1.82) is 0 Å². The lowest BCUT2D eigenvalue weighted by Crippen LogP contribution is -2.13. The van der Waals surface area contributed by atoms with Gasteiger partial charge in [-0.15, -0.1) is 0 Å². The molecule has 0 fully saturated rings. The van der Waals surface area contributed by atoms with Gasteiger partial charge < -0.3 is 5.32 Å². The van der Waals surface area contributed by atoms with E-state index in [0.717, 1.165) is 33.2 Å². The molecule has 5 nitrogen and oxygen atoms in total. The molecule has 0 saturated carbocycles. The number of nitrogens with zero attached hydrogens (tertiary/aromatic N) is 2. The Balaban J connectivity index is 1.67. The molecule has 29 heavy (non-hydrogen) atoms. The Labute approximate surface area is 167 Å². The summed E-state index contributed by atoms with van der Waals surface area (Å²) < 4.78 is 0. The molecule has 5 aromatic rings. The number of benzene rings is 3. The van der Waals surface area contributed by atoms with Crippen molar-refractivity contribution in [2.24, 2.45) is 0 Å². The first-order valence-corrected chi connectivity index (χ1v) is 9.40. The number of H-pyrrole nitrogens is 1. The van der Waals surface area contributed by atoms with Crippen LogP contribution in [0.4, 0.5) is 11.6 Å². The molecule has 0 radical (unpaired) electrons. The van der Waals surface area contributed by atoms with E-state index < -0.39 is 0 Å². The normalized spacial score (nSPS) is 11.1. The van der Waals surface area contributed by atoms with E-state index in [2.05, 4.69) is 38.5 Å². The molecule has 0 amide bonds. The van der Waals surface area contributed by atoms with E-state index in [9.17, 15) is 4.79 Å². The first-order valence-electron chi connectivity index (χ1n) is 9.40. The van der Waals surface area contributed by atoms with Crippen LogP contribution < -0.4 is 10.9 Å². The third kappa shape index (κ3) is 3.12. The zero-order valence-electron chi connectivity index (χ0n) is 15.8. The predicted molar refractivity (Wildman–Crippen MR) is 118 cm³/mol. The van der Waals surface area contributed by atoms with Gasteiger partial charge in [-0.3, -0.25) is 9.78 Å². The molecule has 140 valence electrons. The molecule has 0 bridgehead atoms. The minimum atomic E-state index is -0.222. The Morgan fingerprint density at radius 2 is 1.66 bits per heavy atom. The zero-order chi connectivity index (χ0) is 19.8. The monoisotopic (exact) mass is 378 g/mol. The maximum absolute atomic E-state index is 13.0. The summed E-state index contributed by atoms with van der Waals surface area (Å²) in [5.41, 5.74) is 4.01. The first kappa shape index (κ1) is 17.1. The summed E-state index contributed by atoms with van der Waals surface area (Å²) in [6.45, 7) is 2.03. The molecule has 0 aliphatic heterocycles. The Morgan fingerprint density at radius 1 is 0.862 bits per heavy atom. The number of hydrogen-bond acceptors (Lipinski definition) is 4. The lowest BCUT2D eigenvalue weighted by Gasteiger charge is -2.10. The Hall–Kier alpha value is -3.99. The number of fused-ring (bicyclic) bond motifs is 2. The largest absolute Gasteiger partial charge is 0.326 e. The quantitative estimate of drug-likeness (QED) is 0.453. The van der Waals surface area contributed by atoms with Gasteiger partial charge in [0.15, 0.2) is 5.65 Å². The first-order chi connectivity index (χ1) is 14.2. The molecule has 5 heteroatoms. The van der Waals surface area contributed by atoms with E-state index in [1.54, 1.807) is 6.20 Å². The van der Waals surface area contributed by atoms with Crippen LogP contribution in [0, 0.1) is 6.92 Å². The van der Waals surface area contributed by atoms with Crippen LogP contribution in [0.3, 0.4) is 0 Å². The van der Waals surface area contributed by atoms with Crippen molar-refractivity contribution in [3.05, 3.63) is 94.9 Å². The number of aromatic nitrogens is 3. The third-order valence-corrected chi connectivity index (χ3v) is 5.00. The molecule has 5 rings (SSSR count). The Kier molecular flexibility index (Phi) is 4.06. The summed E-state index contributed by atoms with van der Waals surface area (Å²) in [6.07, 6.45) is 1.70. The van der Waals surface area contributed by atoms with Gasteiger partial charge >= 0.3 is 0 Å². The highest BCUT2D eigenvalue weighted by Crippen LogP contribution is 2.31. The average Bonchev–Trinajstić information content (AvgIpc) is 2.74. The summed E-state index contributed by atoms with van der Waals surface area (Å²) in [6, 6.07) is 24.0. The second kappa shape index (κ2) is 6.87. The zero-order valence-corrected chi connectivity index (χ0v) is 15.8. The minimum absolute atomic E-state index is 0.222. The fourth-order valence-corrected chi connectivity index (χ4v) is 3.58. The lowest BCUT2D eigenvalue weighted by atomic mass is 9.97. The average molecular weight is 378 g/mol. The summed E-state index contributed by atoms with van der Waals surface area (Å²) in [4.78, 5) is 24.7. The summed E-state index contributed by atoms with van der Waals surface area (Å²) >= 11 is 0. The third-order valence-electron chi connectivity index (χ3n) is 5.00. The number of rotatable bonds is 3. The number of pyridine rings is 1. The van der Waals surface area contributed by atoms with Crippen molar-refractivity contribution < 1.29 is 0 Å². The second-order valence-corrected chi connectivity index (χ2v) is 6.99. The van der Waals surface area contributed by atoms with Gasteiger partial charge in [-0.1, -0.05) is 60.2 Å². The summed E-state index contributed by atoms with van der Waals surface area (Å²) in [5, 5.41) is 5.84. The van der Waals surface area contributed by atoms with Crippen LogP contribution in [-0.2, 0) is 0 Å². The number of aromatic amines is 1. The fourth-order valence-electron chi connectivity index (χ4n) is 3.58. The van der Waals surface area contributed by atoms with Crippen molar-refractivity contribution >= 4 is 33.4 Å². The predicted octanol–water partition coefficient (Wildman–Crippen LogP) is 5.19. The molecule has 0 atom stereocenters. The van der Waals surface area contributed by atoms with Gasteiger partial charge in [0.25, 0.3) is 5.56 Å². The fraction of sp³-hybridized carbons (Fsp3) is 0.0417. The van der Waals surface area contributed by atoms with E-state index in [0.29, 0.717) is 17.0 Å². The van der Waals surface area contributed by atoms with Gasteiger partial charge in [-0.05, 0) is 41.5 Å². The molecule has 2 aromatic heterocycles. The maximum atomic E-state index is 13.0. The van der Waals surface area contributed by atoms with Gasteiger partial charge in [-0.25, -0.2) is 4.98 Å². The van der Waals surface area contributed by atoms with Gasteiger partial charge in [0.1, 0.15) is 0 Å². The van der Waals surface area contributed by atoms with Crippen LogP contribution in [0.15, 0.2) is 83.8 Å².